The molecule has 2 nitrogen and oxygen atoms in total. The molecule has 0 aliphatic heterocycles. The average molecular weight is 178 g/mol. The van der Waals surface area contributed by atoms with Gasteiger partial charge in [-0.05, 0) is 32.0 Å². The fourth-order valence-corrected chi connectivity index (χ4v) is 1.55. The molecule has 1 fully saturated rings. The number of amidine groups is 1. The molecule has 0 aromatic rings. The van der Waals surface area contributed by atoms with Gasteiger partial charge in [0, 0.05) is 0 Å². The Bertz CT molecular complexity index is 210. The second kappa shape index (κ2) is 5.57. The maximum Gasteiger partial charge on any atom is 0.124 e. The van der Waals surface area contributed by atoms with Crippen LogP contribution in [0.15, 0.2) is 29.9 Å². The van der Waals surface area contributed by atoms with Crippen molar-refractivity contribution >= 4 is 5.84 Å². The maximum atomic E-state index is 4.57. The third-order valence-corrected chi connectivity index (χ3v) is 2.24. The van der Waals surface area contributed by atoms with E-state index >= 15 is 0 Å². The molecule has 0 aromatic heterocycles. The summed E-state index contributed by atoms with van der Waals surface area (Å²) in [4.78, 5) is 4.57. The quantitative estimate of drug-likeness (QED) is 0.521. The molecular weight excluding hydrogens is 160 g/mol. The first-order chi connectivity index (χ1) is 6.36. The van der Waals surface area contributed by atoms with Gasteiger partial charge in [-0.2, -0.15) is 0 Å². The monoisotopic (exact) mass is 178 g/mol. The summed E-state index contributed by atoms with van der Waals surface area (Å²) in [6, 6.07) is 0.519. The van der Waals surface area contributed by atoms with Gasteiger partial charge < -0.3 is 5.32 Å². The Morgan fingerprint density at radius 2 is 2.15 bits per heavy atom. The van der Waals surface area contributed by atoms with E-state index in [1.807, 2.05) is 19.2 Å². The Labute approximate surface area is 80.4 Å². The standard InChI is InChI=1S/C11H18N2/c1-3-9-12-11(4-2)13-10-7-5-6-8-10/h3-4,9-10H,2,5-8H2,1H3,(H,12,13)/b9-3-. The number of nitrogens with zero attached hydrogens (tertiary/aromatic N) is 1. The van der Waals surface area contributed by atoms with Gasteiger partial charge in [0.2, 0.25) is 0 Å². The zero-order valence-corrected chi connectivity index (χ0v) is 8.29. The smallest absolute Gasteiger partial charge is 0.124 e. The molecule has 1 aliphatic carbocycles. The molecule has 1 saturated carbocycles. The molecule has 0 radical (unpaired) electrons. The minimum atomic E-state index is 0.519. The van der Waals surface area contributed by atoms with Crippen LogP contribution in [0.5, 0.6) is 0 Å². The Morgan fingerprint density at radius 3 is 2.69 bits per heavy atom. The van der Waals surface area contributed by atoms with Crippen LogP contribution in [0.25, 0.3) is 0 Å². The molecule has 72 valence electrons. The van der Waals surface area contributed by atoms with E-state index in [0.29, 0.717) is 6.04 Å². The van der Waals surface area contributed by atoms with Crippen LogP contribution in [0, 0.1) is 0 Å². The SMILES string of the molecule is C=CC(=NC1CCCC1)N/C=C\C. The Kier molecular flexibility index (Phi) is 4.30. The largest absolute Gasteiger partial charge is 0.347 e. The van der Waals surface area contributed by atoms with Crippen LogP contribution in [0.3, 0.4) is 0 Å². The van der Waals surface area contributed by atoms with Gasteiger partial charge in [0.05, 0.1) is 6.04 Å². The van der Waals surface area contributed by atoms with Gasteiger partial charge in [-0.3, -0.25) is 4.99 Å². The molecule has 0 aromatic carbocycles. The van der Waals surface area contributed by atoms with Gasteiger partial charge in [0.1, 0.15) is 5.84 Å². The van der Waals surface area contributed by atoms with E-state index < -0.39 is 0 Å². The van der Waals surface area contributed by atoms with Crippen LogP contribution in [0.1, 0.15) is 32.6 Å². The molecule has 0 unspecified atom stereocenters. The van der Waals surface area contributed by atoms with Crippen molar-refractivity contribution in [2.24, 2.45) is 4.99 Å². The van der Waals surface area contributed by atoms with E-state index in [0.717, 1.165) is 5.84 Å². The number of hydrogen-bond donors (Lipinski definition) is 1. The summed E-state index contributed by atoms with van der Waals surface area (Å²) in [5.74, 6) is 0.894. The third-order valence-electron chi connectivity index (χ3n) is 2.24. The van der Waals surface area contributed by atoms with Crippen molar-refractivity contribution in [1.29, 1.82) is 0 Å². The molecule has 0 bridgehead atoms. The van der Waals surface area contributed by atoms with Gasteiger partial charge in [0.25, 0.3) is 0 Å². The molecule has 0 heterocycles. The van der Waals surface area contributed by atoms with Gasteiger partial charge in [-0.1, -0.05) is 25.5 Å². The summed E-state index contributed by atoms with van der Waals surface area (Å²) < 4.78 is 0. The number of nitrogens with one attached hydrogen (secondary N) is 1. The molecule has 0 saturated heterocycles. The van der Waals surface area contributed by atoms with E-state index in [9.17, 15) is 0 Å². The lowest BCUT2D eigenvalue weighted by molar-refractivity contribution is 0.704. The number of rotatable bonds is 3. The highest BCUT2D eigenvalue weighted by molar-refractivity contribution is 5.93. The highest BCUT2D eigenvalue weighted by Crippen LogP contribution is 2.20. The van der Waals surface area contributed by atoms with Gasteiger partial charge in [-0.25, -0.2) is 0 Å². The Balaban J connectivity index is 2.47. The topological polar surface area (TPSA) is 24.4 Å². The lowest BCUT2D eigenvalue weighted by Gasteiger charge is -2.05. The molecule has 13 heavy (non-hydrogen) atoms. The van der Waals surface area contributed by atoms with Crippen molar-refractivity contribution in [3.05, 3.63) is 24.9 Å². The summed E-state index contributed by atoms with van der Waals surface area (Å²) in [7, 11) is 0. The lowest BCUT2D eigenvalue weighted by atomic mass is 10.3. The van der Waals surface area contributed by atoms with Crippen molar-refractivity contribution in [3.63, 3.8) is 0 Å². The molecule has 1 N–H and O–H groups in total. The van der Waals surface area contributed by atoms with Crippen molar-refractivity contribution in [2.75, 3.05) is 0 Å². The average Bonchev–Trinajstić information content (AvgIpc) is 2.64. The molecule has 2 heteroatoms. The summed E-state index contributed by atoms with van der Waals surface area (Å²) in [6.45, 7) is 5.70. The molecular formula is C11H18N2. The Morgan fingerprint density at radius 1 is 1.46 bits per heavy atom. The van der Waals surface area contributed by atoms with Gasteiger partial charge in [0.15, 0.2) is 0 Å². The Hall–Kier alpha value is -1.05. The molecule has 1 aliphatic rings. The van der Waals surface area contributed by atoms with Gasteiger partial charge >= 0.3 is 0 Å². The maximum absolute atomic E-state index is 4.57. The van der Waals surface area contributed by atoms with E-state index in [1.54, 1.807) is 6.08 Å². The van der Waals surface area contributed by atoms with E-state index in [1.165, 1.54) is 25.7 Å². The second-order valence-electron chi connectivity index (χ2n) is 3.30. The number of hydrogen-bond acceptors (Lipinski definition) is 1. The molecule has 0 spiro atoms. The van der Waals surface area contributed by atoms with Crippen molar-refractivity contribution < 1.29 is 0 Å². The van der Waals surface area contributed by atoms with Crippen LogP contribution in [-0.4, -0.2) is 11.9 Å². The minimum absolute atomic E-state index is 0.519. The fraction of sp³-hybridized carbons (Fsp3) is 0.545. The summed E-state index contributed by atoms with van der Waals surface area (Å²) in [5, 5.41) is 3.10. The van der Waals surface area contributed by atoms with E-state index in [4.69, 9.17) is 0 Å². The van der Waals surface area contributed by atoms with Gasteiger partial charge in [-0.15, -0.1) is 0 Å². The first kappa shape index (κ1) is 10.0. The minimum Gasteiger partial charge on any atom is -0.347 e. The van der Waals surface area contributed by atoms with E-state index in [2.05, 4.69) is 16.9 Å². The van der Waals surface area contributed by atoms with E-state index in [-0.39, 0.29) is 0 Å². The number of aliphatic imine (C=N–C) groups is 1. The zero-order chi connectivity index (χ0) is 9.52. The number of allylic oxidation sites excluding steroid dienone is 1. The first-order valence-electron chi connectivity index (χ1n) is 4.94. The first-order valence-corrected chi connectivity index (χ1v) is 4.94. The molecule has 1 rings (SSSR count). The predicted molar refractivity (Wildman–Crippen MR) is 57.8 cm³/mol. The fourth-order valence-electron chi connectivity index (χ4n) is 1.55. The van der Waals surface area contributed by atoms with Crippen molar-refractivity contribution in [1.82, 2.24) is 5.32 Å². The van der Waals surface area contributed by atoms with Crippen LogP contribution in [0.2, 0.25) is 0 Å². The lowest BCUT2D eigenvalue weighted by Crippen LogP contribution is -2.16. The molecule has 0 amide bonds. The second-order valence-corrected chi connectivity index (χ2v) is 3.30. The van der Waals surface area contributed by atoms with Crippen LogP contribution < -0.4 is 5.32 Å². The highest BCUT2D eigenvalue weighted by Gasteiger charge is 2.13. The zero-order valence-electron chi connectivity index (χ0n) is 8.29. The summed E-state index contributed by atoms with van der Waals surface area (Å²) in [5.41, 5.74) is 0. The van der Waals surface area contributed by atoms with Crippen LogP contribution >= 0.6 is 0 Å². The van der Waals surface area contributed by atoms with Crippen LogP contribution in [-0.2, 0) is 0 Å². The summed E-state index contributed by atoms with van der Waals surface area (Å²) in [6.07, 6.45) is 10.7. The van der Waals surface area contributed by atoms with Crippen molar-refractivity contribution in [2.45, 2.75) is 38.6 Å². The highest BCUT2D eigenvalue weighted by atomic mass is 15.0. The third kappa shape index (κ3) is 3.45. The predicted octanol–water partition coefficient (Wildman–Crippen LogP) is 2.64. The normalized spacial score (nSPS) is 19.6. The van der Waals surface area contributed by atoms with Crippen molar-refractivity contribution in [3.8, 4) is 0 Å². The summed E-state index contributed by atoms with van der Waals surface area (Å²) >= 11 is 0. The molecule has 0 atom stereocenters. The van der Waals surface area contributed by atoms with Crippen LogP contribution in [0.4, 0.5) is 0 Å².